The van der Waals surface area contributed by atoms with Gasteiger partial charge in [-0.15, -0.1) is 11.6 Å². The van der Waals surface area contributed by atoms with Gasteiger partial charge in [-0.1, -0.05) is 0 Å². The highest BCUT2D eigenvalue weighted by Crippen LogP contribution is 2.22. The number of hydrogen-bond donors (Lipinski definition) is 2. The van der Waals surface area contributed by atoms with Crippen LogP contribution in [0.2, 0.25) is 0 Å². The van der Waals surface area contributed by atoms with Crippen molar-refractivity contribution in [2.45, 2.75) is 24.6 Å². The number of alkyl halides is 1. The van der Waals surface area contributed by atoms with Crippen LogP contribution in [0.3, 0.4) is 0 Å². The lowest BCUT2D eigenvalue weighted by molar-refractivity contribution is 0.669. The first-order valence-corrected chi connectivity index (χ1v) is 3.51. The Morgan fingerprint density at radius 3 is 2.44 bits per heavy atom. The van der Waals surface area contributed by atoms with Gasteiger partial charge in [-0.25, -0.2) is 0 Å². The molecule has 0 aromatic rings. The van der Waals surface area contributed by atoms with E-state index in [1.165, 1.54) is 0 Å². The molecule has 9 heavy (non-hydrogen) atoms. The molecule has 0 bridgehead atoms. The summed E-state index contributed by atoms with van der Waals surface area (Å²) in [5.74, 6) is 0. The third kappa shape index (κ3) is 1.52. The summed E-state index contributed by atoms with van der Waals surface area (Å²) in [6, 6.07) is 0. The van der Waals surface area contributed by atoms with Gasteiger partial charge in [0, 0.05) is 23.2 Å². The van der Waals surface area contributed by atoms with Gasteiger partial charge in [0.15, 0.2) is 0 Å². The average Bonchev–Trinajstić information content (AvgIpc) is 1.80. The van der Waals surface area contributed by atoms with Gasteiger partial charge in [0.2, 0.25) is 0 Å². The van der Waals surface area contributed by atoms with Crippen molar-refractivity contribution in [1.82, 2.24) is 0 Å². The summed E-state index contributed by atoms with van der Waals surface area (Å²) in [4.78, 5) is 0. The molecule has 0 heterocycles. The minimum absolute atomic E-state index is 0.206. The van der Waals surface area contributed by atoms with Gasteiger partial charge in [-0.3, -0.25) is 0 Å². The minimum Gasteiger partial charge on any atom is -0.401 e. The maximum absolute atomic E-state index is 5.81. The predicted molar refractivity (Wildman–Crippen MR) is 38.9 cm³/mol. The van der Waals surface area contributed by atoms with E-state index >= 15 is 0 Å². The Kier molecular flexibility index (Phi) is 1.86. The molecule has 0 amide bonds. The zero-order valence-electron chi connectivity index (χ0n) is 5.23. The Bertz CT molecular complexity index is 142. The highest BCUT2D eigenvalue weighted by Gasteiger charge is 2.14. The molecular weight excluding hydrogens is 136 g/mol. The van der Waals surface area contributed by atoms with Crippen LogP contribution in [0.25, 0.3) is 0 Å². The molecular formula is C6H11ClN2. The van der Waals surface area contributed by atoms with Crippen LogP contribution in [-0.2, 0) is 0 Å². The summed E-state index contributed by atoms with van der Waals surface area (Å²) in [5, 5.41) is 0.206. The van der Waals surface area contributed by atoms with Crippen molar-refractivity contribution in [3.63, 3.8) is 0 Å². The van der Waals surface area contributed by atoms with E-state index < -0.39 is 0 Å². The van der Waals surface area contributed by atoms with E-state index in [-0.39, 0.29) is 5.38 Å². The van der Waals surface area contributed by atoms with Crippen LogP contribution in [0.5, 0.6) is 0 Å². The van der Waals surface area contributed by atoms with Crippen LogP contribution in [0.4, 0.5) is 0 Å². The molecule has 1 aliphatic rings. The summed E-state index contributed by atoms with van der Waals surface area (Å²) in [6.07, 6.45) is 2.58. The zero-order chi connectivity index (χ0) is 6.85. The van der Waals surface area contributed by atoms with Crippen molar-refractivity contribution in [3.05, 3.63) is 11.4 Å². The minimum atomic E-state index is 0.206. The maximum atomic E-state index is 5.81. The van der Waals surface area contributed by atoms with Gasteiger partial charge in [-0.2, -0.15) is 0 Å². The Morgan fingerprint density at radius 2 is 2.00 bits per heavy atom. The van der Waals surface area contributed by atoms with Crippen LogP contribution in [0, 0.1) is 0 Å². The molecule has 2 nitrogen and oxygen atoms in total. The molecule has 4 N–H and O–H groups in total. The van der Waals surface area contributed by atoms with E-state index in [1.54, 1.807) is 0 Å². The van der Waals surface area contributed by atoms with E-state index in [0.29, 0.717) is 0 Å². The lowest BCUT2D eigenvalue weighted by Gasteiger charge is -2.17. The second-order valence-corrected chi connectivity index (χ2v) is 3.01. The molecule has 0 spiro atoms. The third-order valence-corrected chi connectivity index (χ3v) is 1.95. The second kappa shape index (κ2) is 2.48. The second-order valence-electron chi connectivity index (χ2n) is 2.39. The van der Waals surface area contributed by atoms with Crippen LogP contribution in [0.1, 0.15) is 19.3 Å². The Morgan fingerprint density at radius 1 is 1.33 bits per heavy atom. The highest BCUT2D eigenvalue weighted by atomic mass is 35.5. The third-order valence-electron chi connectivity index (χ3n) is 1.58. The van der Waals surface area contributed by atoms with Gasteiger partial charge < -0.3 is 11.5 Å². The normalized spacial score (nSPS) is 28.8. The lowest BCUT2D eigenvalue weighted by atomic mass is 10.0. The van der Waals surface area contributed by atoms with Crippen LogP contribution >= 0.6 is 11.6 Å². The fourth-order valence-corrected chi connectivity index (χ4v) is 1.22. The standard InChI is InChI=1S/C6H11ClN2/c7-4-1-2-5(8)6(9)3-4/h4H,1-3,8-9H2. The van der Waals surface area contributed by atoms with E-state index in [9.17, 15) is 0 Å². The molecule has 1 atom stereocenters. The van der Waals surface area contributed by atoms with Crippen molar-refractivity contribution >= 4 is 11.6 Å². The quantitative estimate of drug-likeness (QED) is 0.499. The number of hydrogen-bond acceptors (Lipinski definition) is 2. The molecule has 3 heteroatoms. The van der Waals surface area contributed by atoms with E-state index in [1.807, 2.05) is 0 Å². The molecule has 52 valence electrons. The smallest absolute Gasteiger partial charge is 0.0394 e. The monoisotopic (exact) mass is 146 g/mol. The van der Waals surface area contributed by atoms with Crippen LogP contribution < -0.4 is 11.5 Å². The maximum Gasteiger partial charge on any atom is 0.0394 e. The Labute approximate surface area is 59.9 Å². The largest absolute Gasteiger partial charge is 0.401 e. The molecule has 0 saturated carbocycles. The fourth-order valence-electron chi connectivity index (χ4n) is 0.944. The first-order chi connectivity index (χ1) is 4.20. The molecule has 0 aliphatic heterocycles. The zero-order valence-corrected chi connectivity index (χ0v) is 5.99. The summed E-state index contributed by atoms with van der Waals surface area (Å²) < 4.78 is 0. The van der Waals surface area contributed by atoms with Gasteiger partial charge in [0.25, 0.3) is 0 Å². The van der Waals surface area contributed by atoms with Gasteiger partial charge in [0.05, 0.1) is 0 Å². The Hall–Kier alpha value is -0.370. The topological polar surface area (TPSA) is 52.0 Å². The number of nitrogens with two attached hydrogens (primary N) is 2. The molecule has 0 aromatic heterocycles. The highest BCUT2D eigenvalue weighted by molar-refractivity contribution is 6.20. The Balaban J connectivity index is 2.61. The van der Waals surface area contributed by atoms with E-state index in [2.05, 4.69) is 0 Å². The fraction of sp³-hybridized carbons (Fsp3) is 0.667. The molecule has 0 aromatic carbocycles. The predicted octanol–water partition coefficient (Wildman–Crippen LogP) is 0.907. The van der Waals surface area contributed by atoms with Gasteiger partial charge in [0.1, 0.15) is 0 Å². The SMILES string of the molecule is NC1=C(N)CC(Cl)CC1. The molecule has 0 radical (unpaired) electrons. The first-order valence-electron chi connectivity index (χ1n) is 3.07. The molecule has 1 aliphatic carbocycles. The number of rotatable bonds is 0. The van der Waals surface area contributed by atoms with Gasteiger partial charge >= 0.3 is 0 Å². The van der Waals surface area contributed by atoms with Crippen molar-refractivity contribution < 1.29 is 0 Å². The first kappa shape index (κ1) is 6.75. The molecule has 0 saturated heterocycles. The van der Waals surface area contributed by atoms with Crippen molar-refractivity contribution in [1.29, 1.82) is 0 Å². The van der Waals surface area contributed by atoms with Crippen molar-refractivity contribution in [2.75, 3.05) is 0 Å². The lowest BCUT2D eigenvalue weighted by Crippen LogP contribution is -2.19. The van der Waals surface area contributed by atoms with E-state index in [4.69, 9.17) is 23.1 Å². The molecule has 1 unspecified atom stereocenters. The molecule has 1 rings (SSSR count). The van der Waals surface area contributed by atoms with Crippen molar-refractivity contribution in [3.8, 4) is 0 Å². The number of halogens is 1. The summed E-state index contributed by atoms with van der Waals surface area (Å²) >= 11 is 5.81. The van der Waals surface area contributed by atoms with Gasteiger partial charge in [-0.05, 0) is 12.8 Å². The van der Waals surface area contributed by atoms with E-state index in [0.717, 1.165) is 30.7 Å². The summed E-state index contributed by atoms with van der Waals surface area (Å²) in [5.41, 5.74) is 12.7. The van der Waals surface area contributed by atoms with Crippen LogP contribution in [0.15, 0.2) is 11.4 Å². The van der Waals surface area contributed by atoms with Crippen molar-refractivity contribution in [2.24, 2.45) is 11.5 Å². The summed E-state index contributed by atoms with van der Waals surface area (Å²) in [7, 11) is 0. The molecule has 0 fully saturated rings. The number of allylic oxidation sites excluding steroid dienone is 2. The average molecular weight is 147 g/mol. The summed E-state index contributed by atoms with van der Waals surface area (Å²) in [6.45, 7) is 0. The van der Waals surface area contributed by atoms with Crippen LogP contribution in [-0.4, -0.2) is 5.38 Å².